The second kappa shape index (κ2) is 6.74. The van der Waals surface area contributed by atoms with Crippen molar-refractivity contribution in [2.75, 3.05) is 19.6 Å². The molecule has 1 saturated carbocycles. The van der Waals surface area contributed by atoms with Crippen LogP contribution in [0.15, 0.2) is 0 Å². The smallest absolute Gasteiger partial charge is 0.303 e. The number of carboxylic acid groups (broad SMARTS) is 1. The Morgan fingerprint density at radius 3 is 2.37 bits per heavy atom. The minimum Gasteiger partial charge on any atom is -0.481 e. The first kappa shape index (κ1) is 14.8. The summed E-state index contributed by atoms with van der Waals surface area (Å²) >= 11 is 0. The Hall–Kier alpha value is -0.570. The lowest BCUT2D eigenvalue weighted by Gasteiger charge is -2.51. The number of hydrogen-bond acceptors (Lipinski definition) is 2. The molecule has 2 fully saturated rings. The fourth-order valence-electron chi connectivity index (χ4n) is 3.77. The van der Waals surface area contributed by atoms with Crippen LogP contribution in [-0.2, 0) is 4.79 Å². The molecule has 0 aromatic rings. The van der Waals surface area contributed by atoms with Gasteiger partial charge >= 0.3 is 5.97 Å². The Morgan fingerprint density at radius 1 is 1.16 bits per heavy atom. The third-order valence-electron chi connectivity index (χ3n) is 5.07. The maximum atomic E-state index is 10.5. The Morgan fingerprint density at radius 2 is 1.79 bits per heavy atom. The highest BCUT2D eigenvalue weighted by Crippen LogP contribution is 2.42. The molecule has 1 aliphatic heterocycles. The van der Waals surface area contributed by atoms with E-state index in [4.69, 9.17) is 5.11 Å². The lowest BCUT2D eigenvalue weighted by atomic mass is 9.73. The maximum absolute atomic E-state index is 10.5. The quantitative estimate of drug-likeness (QED) is 0.800. The van der Waals surface area contributed by atoms with E-state index in [0.717, 1.165) is 12.8 Å². The van der Waals surface area contributed by atoms with E-state index in [1.165, 1.54) is 58.2 Å². The third kappa shape index (κ3) is 4.48. The van der Waals surface area contributed by atoms with Crippen LogP contribution in [0, 0.1) is 11.3 Å². The van der Waals surface area contributed by atoms with Crippen molar-refractivity contribution in [2.24, 2.45) is 11.3 Å². The number of hydrogen-bond donors (Lipinski definition) is 1. The van der Waals surface area contributed by atoms with Gasteiger partial charge in [-0.25, -0.2) is 0 Å². The average Bonchev–Trinajstić information content (AvgIpc) is 2.58. The largest absolute Gasteiger partial charge is 0.481 e. The zero-order valence-corrected chi connectivity index (χ0v) is 12.4. The minimum absolute atomic E-state index is 0.325. The zero-order valence-electron chi connectivity index (χ0n) is 12.4. The van der Waals surface area contributed by atoms with Crippen LogP contribution in [-0.4, -0.2) is 35.6 Å². The highest BCUT2D eigenvalue weighted by Gasteiger charge is 2.41. The van der Waals surface area contributed by atoms with Crippen LogP contribution in [0.2, 0.25) is 0 Å². The molecule has 2 aliphatic rings. The van der Waals surface area contributed by atoms with Gasteiger partial charge in [0.05, 0.1) is 0 Å². The van der Waals surface area contributed by atoms with Gasteiger partial charge in [0.15, 0.2) is 0 Å². The summed E-state index contributed by atoms with van der Waals surface area (Å²) in [5.41, 5.74) is 0.667. The molecule has 1 aliphatic carbocycles. The summed E-state index contributed by atoms with van der Waals surface area (Å²) in [5.74, 6) is -0.116. The predicted octanol–water partition coefficient (Wildman–Crippen LogP) is 3.53. The Balaban J connectivity index is 1.60. The van der Waals surface area contributed by atoms with Crippen LogP contribution < -0.4 is 0 Å². The molecular formula is C16H29NO2. The molecule has 1 saturated heterocycles. The number of likely N-dealkylation sites (tertiary alicyclic amines) is 1. The van der Waals surface area contributed by atoms with E-state index in [-0.39, 0.29) is 0 Å². The van der Waals surface area contributed by atoms with Gasteiger partial charge in [0, 0.05) is 19.5 Å². The molecule has 1 heterocycles. The number of aliphatic carboxylic acids is 1. The van der Waals surface area contributed by atoms with Crippen LogP contribution in [0.4, 0.5) is 0 Å². The highest BCUT2D eigenvalue weighted by atomic mass is 16.4. The van der Waals surface area contributed by atoms with E-state index in [1.807, 2.05) is 0 Å². The molecule has 110 valence electrons. The molecule has 3 nitrogen and oxygen atoms in total. The first-order valence-corrected chi connectivity index (χ1v) is 8.04. The number of carbonyl (C=O) groups is 1. The lowest BCUT2D eigenvalue weighted by molar-refractivity contribution is -0.137. The van der Waals surface area contributed by atoms with Gasteiger partial charge in [0.2, 0.25) is 0 Å². The van der Waals surface area contributed by atoms with Crippen LogP contribution in [0.1, 0.15) is 64.7 Å². The van der Waals surface area contributed by atoms with Gasteiger partial charge in [-0.15, -0.1) is 0 Å². The van der Waals surface area contributed by atoms with Gasteiger partial charge in [-0.3, -0.25) is 4.79 Å². The van der Waals surface area contributed by atoms with Crippen LogP contribution in [0.5, 0.6) is 0 Å². The Labute approximate surface area is 117 Å². The maximum Gasteiger partial charge on any atom is 0.303 e. The van der Waals surface area contributed by atoms with E-state index in [2.05, 4.69) is 11.8 Å². The van der Waals surface area contributed by atoms with E-state index in [9.17, 15) is 4.79 Å². The molecule has 0 amide bonds. The molecule has 3 heteroatoms. The van der Waals surface area contributed by atoms with E-state index in [1.54, 1.807) is 0 Å². The number of nitrogens with zero attached hydrogens (tertiary/aromatic N) is 1. The molecule has 1 atom stereocenters. The lowest BCUT2D eigenvalue weighted by Crippen LogP contribution is -2.56. The molecule has 0 aromatic carbocycles. The molecule has 1 N–H and O–H groups in total. The molecular weight excluding hydrogens is 238 g/mol. The summed E-state index contributed by atoms with van der Waals surface area (Å²) in [6.07, 6.45) is 10.9. The number of carboxylic acids is 1. The SMILES string of the molecule is CC(CCC(=O)O)CCN1CC2(CCCCCC2)C1. The Kier molecular flexibility index (Phi) is 5.26. The fourth-order valence-corrected chi connectivity index (χ4v) is 3.77. The van der Waals surface area contributed by atoms with Gasteiger partial charge in [-0.2, -0.15) is 0 Å². The molecule has 19 heavy (non-hydrogen) atoms. The fraction of sp³-hybridized carbons (Fsp3) is 0.938. The molecule has 1 unspecified atom stereocenters. The minimum atomic E-state index is -0.659. The van der Waals surface area contributed by atoms with Crippen LogP contribution in [0.3, 0.4) is 0 Å². The van der Waals surface area contributed by atoms with Gasteiger partial charge in [0.1, 0.15) is 0 Å². The topological polar surface area (TPSA) is 40.5 Å². The van der Waals surface area contributed by atoms with E-state index < -0.39 is 5.97 Å². The number of rotatable bonds is 6. The van der Waals surface area contributed by atoms with Crippen LogP contribution in [0.25, 0.3) is 0 Å². The van der Waals surface area contributed by atoms with Crippen molar-refractivity contribution >= 4 is 5.97 Å². The summed E-state index contributed by atoms with van der Waals surface area (Å²) in [7, 11) is 0. The van der Waals surface area contributed by atoms with Crippen molar-refractivity contribution in [3.63, 3.8) is 0 Å². The monoisotopic (exact) mass is 267 g/mol. The standard InChI is InChI=1S/C16H29NO2/c1-14(6-7-15(18)19)8-11-17-12-16(13-17)9-4-2-3-5-10-16/h14H,2-13H2,1H3,(H,18,19). The summed E-state index contributed by atoms with van der Waals surface area (Å²) in [5, 5.41) is 8.68. The Bertz CT molecular complexity index is 287. The molecule has 2 rings (SSSR count). The normalized spacial score (nSPS) is 24.7. The summed E-state index contributed by atoms with van der Waals surface area (Å²) < 4.78 is 0. The van der Waals surface area contributed by atoms with Gasteiger partial charge < -0.3 is 10.0 Å². The van der Waals surface area contributed by atoms with E-state index in [0.29, 0.717) is 17.8 Å². The van der Waals surface area contributed by atoms with Gasteiger partial charge in [-0.1, -0.05) is 32.6 Å². The van der Waals surface area contributed by atoms with Crippen molar-refractivity contribution in [3.05, 3.63) is 0 Å². The summed E-state index contributed by atoms with van der Waals surface area (Å²) in [6.45, 7) is 5.96. The first-order chi connectivity index (χ1) is 9.10. The molecule has 0 aromatic heterocycles. The van der Waals surface area contributed by atoms with Gasteiger partial charge in [0.25, 0.3) is 0 Å². The summed E-state index contributed by atoms with van der Waals surface area (Å²) in [6, 6.07) is 0. The van der Waals surface area contributed by atoms with Crippen molar-refractivity contribution in [2.45, 2.75) is 64.7 Å². The molecule has 0 bridgehead atoms. The predicted molar refractivity (Wildman–Crippen MR) is 77.2 cm³/mol. The van der Waals surface area contributed by atoms with E-state index >= 15 is 0 Å². The summed E-state index contributed by atoms with van der Waals surface area (Å²) in [4.78, 5) is 13.1. The first-order valence-electron chi connectivity index (χ1n) is 8.04. The zero-order chi connectivity index (χ0) is 13.7. The third-order valence-corrected chi connectivity index (χ3v) is 5.07. The van der Waals surface area contributed by atoms with Crippen LogP contribution >= 0.6 is 0 Å². The second-order valence-corrected chi connectivity index (χ2v) is 6.95. The van der Waals surface area contributed by atoms with Crippen molar-refractivity contribution in [1.29, 1.82) is 0 Å². The average molecular weight is 267 g/mol. The van der Waals surface area contributed by atoms with Crippen molar-refractivity contribution < 1.29 is 9.90 Å². The van der Waals surface area contributed by atoms with Crippen molar-refractivity contribution in [1.82, 2.24) is 4.90 Å². The van der Waals surface area contributed by atoms with Gasteiger partial charge in [-0.05, 0) is 43.6 Å². The second-order valence-electron chi connectivity index (χ2n) is 6.95. The highest BCUT2D eigenvalue weighted by molar-refractivity contribution is 5.66. The van der Waals surface area contributed by atoms with Crippen molar-refractivity contribution in [3.8, 4) is 0 Å². The molecule has 1 spiro atoms. The molecule has 0 radical (unpaired) electrons.